The Kier molecular flexibility index (Phi) is 5.25. The van der Waals surface area contributed by atoms with Gasteiger partial charge in [-0.1, -0.05) is 29.0 Å². The SMILES string of the molecule is CCn1c(=NC(=O)COc2ccc(Cl)cc2)sc2c(C)cc(C)cc21. The number of ether oxygens (including phenoxy) is 1. The molecule has 0 saturated carbocycles. The van der Waals surface area contributed by atoms with Gasteiger partial charge >= 0.3 is 0 Å². The Morgan fingerprint density at radius 2 is 1.96 bits per heavy atom. The molecule has 3 rings (SSSR count). The minimum Gasteiger partial charge on any atom is -0.484 e. The van der Waals surface area contributed by atoms with Gasteiger partial charge in [0, 0.05) is 11.6 Å². The minimum atomic E-state index is -0.307. The van der Waals surface area contributed by atoms with Crippen molar-refractivity contribution in [2.75, 3.05) is 6.61 Å². The normalized spacial score (nSPS) is 11.9. The van der Waals surface area contributed by atoms with E-state index in [1.807, 2.05) is 0 Å². The van der Waals surface area contributed by atoms with Crippen LogP contribution in [0.2, 0.25) is 5.02 Å². The molecule has 0 bridgehead atoms. The van der Waals surface area contributed by atoms with Crippen LogP contribution in [0.1, 0.15) is 18.1 Å². The smallest absolute Gasteiger partial charge is 0.286 e. The molecule has 0 aliphatic rings. The van der Waals surface area contributed by atoms with Crippen LogP contribution in [-0.2, 0) is 11.3 Å². The standard InChI is InChI=1S/C19H19ClN2O2S/c1-4-22-16-10-12(2)9-13(3)18(16)25-19(22)21-17(23)11-24-15-7-5-14(20)6-8-15/h5-10H,4,11H2,1-3H3. The van der Waals surface area contributed by atoms with Crippen molar-refractivity contribution in [3.05, 3.63) is 57.3 Å². The zero-order chi connectivity index (χ0) is 18.0. The molecule has 0 atom stereocenters. The molecule has 0 N–H and O–H groups in total. The van der Waals surface area contributed by atoms with Gasteiger partial charge in [0.05, 0.1) is 10.2 Å². The summed E-state index contributed by atoms with van der Waals surface area (Å²) in [4.78, 5) is 17.2. The van der Waals surface area contributed by atoms with Crippen molar-refractivity contribution in [1.29, 1.82) is 0 Å². The Labute approximate surface area is 155 Å². The van der Waals surface area contributed by atoms with Gasteiger partial charge in [0.15, 0.2) is 11.4 Å². The molecule has 1 heterocycles. The first-order chi connectivity index (χ1) is 12.0. The summed E-state index contributed by atoms with van der Waals surface area (Å²) in [6.07, 6.45) is 0. The van der Waals surface area contributed by atoms with E-state index in [4.69, 9.17) is 16.3 Å². The Bertz CT molecular complexity index is 987. The predicted octanol–water partition coefficient (Wildman–Crippen LogP) is 4.50. The lowest BCUT2D eigenvalue weighted by Crippen LogP contribution is -2.18. The minimum absolute atomic E-state index is 0.0996. The van der Waals surface area contributed by atoms with E-state index in [0.29, 0.717) is 15.6 Å². The van der Waals surface area contributed by atoms with Gasteiger partial charge in [-0.2, -0.15) is 4.99 Å². The molecular weight excluding hydrogens is 356 g/mol. The average molecular weight is 375 g/mol. The number of carbonyl (C=O) groups is 1. The summed E-state index contributed by atoms with van der Waals surface area (Å²) in [5.74, 6) is 0.289. The first kappa shape index (κ1) is 17.7. The third-order valence-electron chi connectivity index (χ3n) is 3.83. The fourth-order valence-electron chi connectivity index (χ4n) is 2.72. The topological polar surface area (TPSA) is 43.6 Å². The van der Waals surface area contributed by atoms with Crippen LogP contribution in [-0.4, -0.2) is 17.1 Å². The molecule has 2 aromatic carbocycles. The van der Waals surface area contributed by atoms with E-state index < -0.39 is 0 Å². The first-order valence-electron chi connectivity index (χ1n) is 8.04. The molecule has 0 aliphatic carbocycles. The van der Waals surface area contributed by atoms with E-state index in [-0.39, 0.29) is 12.5 Å². The number of amides is 1. The summed E-state index contributed by atoms with van der Waals surface area (Å²) in [6, 6.07) is 11.2. The van der Waals surface area contributed by atoms with Gasteiger partial charge in [-0.3, -0.25) is 4.79 Å². The van der Waals surface area contributed by atoms with E-state index in [1.54, 1.807) is 24.3 Å². The Morgan fingerprint density at radius 3 is 2.64 bits per heavy atom. The third kappa shape index (κ3) is 3.94. The molecule has 1 amide bonds. The molecule has 25 heavy (non-hydrogen) atoms. The van der Waals surface area contributed by atoms with Crippen LogP contribution >= 0.6 is 22.9 Å². The van der Waals surface area contributed by atoms with Crippen LogP contribution in [0.15, 0.2) is 41.4 Å². The zero-order valence-corrected chi connectivity index (χ0v) is 15.9. The fraction of sp³-hybridized carbons (Fsp3) is 0.263. The fourth-order valence-corrected chi connectivity index (χ4v) is 4.01. The van der Waals surface area contributed by atoms with Gasteiger partial charge in [0.1, 0.15) is 5.75 Å². The summed E-state index contributed by atoms with van der Waals surface area (Å²) in [7, 11) is 0. The number of halogens is 1. The highest BCUT2D eigenvalue weighted by atomic mass is 35.5. The summed E-state index contributed by atoms with van der Waals surface area (Å²) in [5.41, 5.74) is 3.53. The predicted molar refractivity (Wildman–Crippen MR) is 102 cm³/mol. The van der Waals surface area contributed by atoms with Crippen LogP contribution in [0.4, 0.5) is 0 Å². The van der Waals surface area contributed by atoms with Gasteiger partial charge in [-0.25, -0.2) is 0 Å². The lowest BCUT2D eigenvalue weighted by Gasteiger charge is -2.04. The molecule has 0 aliphatic heterocycles. The second-order valence-electron chi connectivity index (χ2n) is 5.81. The van der Waals surface area contributed by atoms with Crippen molar-refractivity contribution >= 4 is 39.1 Å². The number of fused-ring (bicyclic) bond motifs is 1. The first-order valence-corrected chi connectivity index (χ1v) is 9.24. The summed E-state index contributed by atoms with van der Waals surface area (Å²) < 4.78 is 8.71. The molecule has 4 nitrogen and oxygen atoms in total. The van der Waals surface area contributed by atoms with Crippen LogP contribution in [0.5, 0.6) is 5.75 Å². The van der Waals surface area contributed by atoms with Crippen LogP contribution < -0.4 is 9.54 Å². The molecule has 1 aromatic heterocycles. The lowest BCUT2D eigenvalue weighted by molar-refractivity contribution is -0.120. The molecule has 6 heteroatoms. The largest absolute Gasteiger partial charge is 0.484 e. The molecule has 0 spiro atoms. The summed E-state index contributed by atoms with van der Waals surface area (Å²) in [5, 5.41) is 0.628. The van der Waals surface area contributed by atoms with Gasteiger partial charge in [0.2, 0.25) is 0 Å². The number of nitrogens with zero attached hydrogens (tertiary/aromatic N) is 2. The maximum atomic E-state index is 12.2. The van der Waals surface area contributed by atoms with Crippen molar-refractivity contribution in [3.63, 3.8) is 0 Å². The molecule has 3 aromatic rings. The monoisotopic (exact) mass is 374 g/mol. The van der Waals surface area contributed by atoms with Gasteiger partial charge in [-0.15, -0.1) is 0 Å². The van der Waals surface area contributed by atoms with Crippen molar-refractivity contribution in [1.82, 2.24) is 4.57 Å². The van der Waals surface area contributed by atoms with Crippen molar-refractivity contribution in [3.8, 4) is 5.75 Å². The second-order valence-corrected chi connectivity index (χ2v) is 7.22. The molecular formula is C19H19ClN2O2S. The molecule has 0 fully saturated rings. The quantitative estimate of drug-likeness (QED) is 0.674. The van der Waals surface area contributed by atoms with E-state index in [0.717, 1.165) is 16.8 Å². The van der Waals surface area contributed by atoms with E-state index in [2.05, 4.69) is 42.5 Å². The second kappa shape index (κ2) is 7.42. The Balaban J connectivity index is 1.88. The average Bonchev–Trinajstić information content (AvgIpc) is 2.91. The number of hydrogen-bond acceptors (Lipinski definition) is 3. The number of benzene rings is 2. The van der Waals surface area contributed by atoms with Crippen molar-refractivity contribution < 1.29 is 9.53 Å². The molecule has 0 radical (unpaired) electrons. The number of rotatable bonds is 4. The highest BCUT2D eigenvalue weighted by Gasteiger charge is 2.10. The summed E-state index contributed by atoms with van der Waals surface area (Å²) >= 11 is 7.37. The third-order valence-corrected chi connectivity index (χ3v) is 5.31. The Hall–Kier alpha value is -2.11. The number of hydrogen-bond donors (Lipinski definition) is 0. The number of carbonyl (C=O) groups excluding carboxylic acids is 1. The van der Waals surface area contributed by atoms with Crippen LogP contribution in [0.3, 0.4) is 0 Å². The van der Waals surface area contributed by atoms with Gasteiger partial charge in [0.25, 0.3) is 5.91 Å². The highest BCUT2D eigenvalue weighted by Crippen LogP contribution is 2.23. The molecule has 0 saturated heterocycles. The number of aromatic nitrogens is 1. The number of thiazole rings is 1. The zero-order valence-electron chi connectivity index (χ0n) is 14.4. The maximum Gasteiger partial charge on any atom is 0.286 e. The van der Waals surface area contributed by atoms with E-state index in [9.17, 15) is 4.79 Å². The maximum absolute atomic E-state index is 12.2. The van der Waals surface area contributed by atoms with Crippen molar-refractivity contribution in [2.24, 2.45) is 4.99 Å². The molecule has 130 valence electrons. The highest BCUT2D eigenvalue weighted by molar-refractivity contribution is 7.16. The number of aryl methyl sites for hydroxylation is 3. The van der Waals surface area contributed by atoms with Gasteiger partial charge in [-0.05, 0) is 62.2 Å². The Morgan fingerprint density at radius 1 is 1.24 bits per heavy atom. The summed E-state index contributed by atoms with van der Waals surface area (Å²) in [6.45, 7) is 6.87. The van der Waals surface area contributed by atoms with E-state index >= 15 is 0 Å². The van der Waals surface area contributed by atoms with Crippen LogP contribution in [0.25, 0.3) is 10.2 Å². The van der Waals surface area contributed by atoms with Gasteiger partial charge < -0.3 is 9.30 Å². The van der Waals surface area contributed by atoms with Crippen molar-refractivity contribution in [2.45, 2.75) is 27.3 Å². The van der Waals surface area contributed by atoms with Crippen LogP contribution in [0, 0.1) is 13.8 Å². The molecule has 0 unspecified atom stereocenters. The van der Waals surface area contributed by atoms with E-state index in [1.165, 1.54) is 22.5 Å². The lowest BCUT2D eigenvalue weighted by atomic mass is 10.1.